The van der Waals surface area contributed by atoms with E-state index in [4.69, 9.17) is 4.74 Å². The first-order chi connectivity index (χ1) is 6.15. The van der Waals surface area contributed by atoms with E-state index in [0.717, 1.165) is 0 Å². The molecule has 0 amide bonds. The first-order valence-corrected chi connectivity index (χ1v) is 3.91. The molecule has 76 valence electrons. The summed E-state index contributed by atoms with van der Waals surface area (Å²) >= 11 is 0. The van der Waals surface area contributed by atoms with Gasteiger partial charge in [0.25, 0.3) is 0 Å². The van der Waals surface area contributed by atoms with Gasteiger partial charge in [0.2, 0.25) is 0 Å². The van der Waals surface area contributed by atoms with Crippen LogP contribution in [0.4, 0.5) is 0 Å². The van der Waals surface area contributed by atoms with Crippen LogP contribution in [0.5, 0.6) is 0 Å². The monoisotopic (exact) mass is 190 g/mol. The highest BCUT2D eigenvalue weighted by Gasteiger charge is 2.23. The Morgan fingerprint density at radius 3 is 2.23 bits per heavy atom. The third-order valence-electron chi connectivity index (χ3n) is 1.41. The van der Waals surface area contributed by atoms with Crippen molar-refractivity contribution in [1.29, 1.82) is 0 Å². The molecule has 0 rings (SSSR count). The summed E-state index contributed by atoms with van der Waals surface area (Å²) in [7, 11) is 2.49. The zero-order valence-corrected chi connectivity index (χ0v) is 8.03. The van der Waals surface area contributed by atoms with Crippen LogP contribution in [0.3, 0.4) is 0 Å². The van der Waals surface area contributed by atoms with E-state index >= 15 is 0 Å². The van der Waals surface area contributed by atoms with E-state index in [2.05, 4.69) is 9.47 Å². The van der Waals surface area contributed by atoms with Crippen LogP contribution in [0.25, 0.3) is 0 Å². The van der Waals surface area contributed by atoms with Crippen molar-refractivity contribution in [3.63, 3.8) is 0 Å². The van der Waals surface area contributed by atoms with E-state index in [0.29, 0.717) is 6.61 Å². The molecule has 0 N–H and O–H groups in total. The van der Waals surface area contributed by atoms with Crippen molar-refractivity contribution in [2.45, 2.75) is 19.4 Å². The second-order valence-electron chi connectivity index (χ2n) is 2.25. The lowest BCUT2D eigenvalue weighted by molar-refractivity contribution is -0.160. The molecule has 0 aliphatic rings. The number of ether oxygens (including phenoxy) is 3. The molecule has 0 aliphatic heterocycles. The second-order valence-corrected chi connectivity index (χ2v) is 2.25. The highest BCUT2D eigenvalue weighted by atomic mass is 16.6. The Hall–Kier alpha value is -1.10. The largest absolute Gasteiger partial charge is 0.469 e. The molecule has 0 aliphatic carbocycles. The number of methoxy groups -OCH3 is 2. The first-order valence-electron chi connectivity index (χ1n) is 3.91. The molecule has 1 atom stereocenters. The molecule has 0 aromatic carbocycles. The number of hydrogen-bond donors (Lipinski definition) is 0. The molecule has 13 heavy (non-hydrogen) atoms. The van der Waals surface area contributed by atoms with Gasteiger partial charge in [-0.15, -0.1) is 0 Å². The van der Waals surface area contributed by atoms with E-state index in [9.17, 15) is 9.59 Å². The quantitative estimate of drug-likeness (QED) is 0.576. The maximum Gasteiger partial charge on any atom is 0.335 e. The maximum absolute atomic E-state index is 11.0. The van der Waals surface area contributed by atoms with Crippen LogP contribution in [0.1, 0.15) is 13.3 Å². The zero-order valence-electron chi connectivity index (χ0n) is 8.03. The Labute approximate surface area is 77.0 Å². The Morgan fingerprint density at radius 2 is 1.85 bits per heavy atom. The van der Waals surface area contributed by atoms with Crippen molar-refractivity contribution in [3.8, 4) is 0 Å². The average molecular weight is 190 g/mol. The minimum Gasteiger partial charge on any atom is -0.469 e. The fourth-order valence-corrected chi connectivity index (χ4v) is 0.778. The maximum atomic E-state index is 11.0. The molecule has 5 heteroatoms. The van der Waals surface area contributed by atoms with Crippen molar-refractivity contribution in [2.24, 2.45) is 0 Å². The van der Waals surface area contributed by atoms with E-state index in [1.165, 1.54) is 14.2 Å². The number of carbonyl (C=O) groups is 2. The normalized spacial score (nSPS) is 11.9. The topological polar surface area (TPSA) is 61.8 Å². The summed E-state index contributed by atoms with van der Waals surface area (Å²) in [6, 6.07) is 0. The van der Waals surface area contributed by atoms with Crippen molar-refractivity contribution in [1.82, 2.24) is 0 Å². The van der Waals surface area contributed by atoms with E-state index in [-0.39, 0.29) is 6.42 Å². The fraction of sp³-hybridized carbons (Fsp3) is 0.750. The van der Waals surface area contributed by atoms with Crippen LogP contribution in [-0.4, -0.2) is 38.9 Å². The standard InChI is InChI=1S/C8H14O5/c1-4-13-6(8(10)12-3)5-7(9)11-2/h6H,4-5H2,1-3H3. The van der Waals surface area contributed by atoms with E-state index in [1.807, 2.05) is 0 Å². The first kappa shape index (κ1) is 11.9. The van der Waals surface area contributed by atoms with Gasteiger partial charge >= 0.3 is 11.9 Å². The van der Waals surface area contributed by atoms with Crippen molar-refractivity contribution in [3.05, 3.63) is 0 Å². The number of carbonyl (C=O) groups excluding carboxylic acids is 2. The van der Waals surface area contributed by atoms with Gasteiger partial charge in [-0.1, -0.05) is 0 Å². The molecule has 0 spiro atoms. The molecule has 1 unspecified atom stereocenters. The van der Waals surface area contributed by atoms with Gasteiger partial charge in [-0.2, -0.15) is 0 Å². The summed E-state index contributed by atoms with van der Waals surface area (Å²) in [6.45, 7) is 2.07. The lowest BCUT2D eigenvalue weighted by atomic mass is 10.2. The minimum atomic E-state index is -0.859. The molecular formula is C8H14O5. The Morgan fingerprint density at radius 1 is 1.23 bits per heavy atom. The fourth-order valence-electron chi connectivity index (χ4n) is 0.778. The van der Waals surface area contributed by atoms with Crippen LogP contribution in [0, 0.1) is 0 Å². The average Bonchev–Trinajstić information content (AvgIpc) is 2.15. The van der Waals surface area contributed by atoms with E-state index < -0.39 is 18.0 Å². The highest BCUT2D eigenvalue weighted by Crippen LogP contribution is 2.02. The zero-order chi connectivity index (χ0) is 10.3. The molecule has 5 nitrogen and oxygen atoms in total. The predicted octanol–water partition coefficient (Wildman–Crippen LogP) is 0.128. The second kappa shape index (κ2) is 6.42. The molecule has 0 aromatic rings. The number of esters is 2. The van der Waals surface area contributed by atoms with Gasteiger partial charge in [0, 0.05) is 6.61 Å². The van der Waals surface area contributed by atoms with Crippen molar-refractivity contribution < 1.29 is 23.8 Å². The van der Waals surface area contributed by atoms with Gasteiger partial charge in [-0.25, -0.2) is 4.79 Å². The third kappa shape index (κ3) is 4.47. The van der Waals surface area contributed by atoms with Crippen LogP contribution >= 0.6 is 0 Å². The lowest BCUT2D eigenvalue weighted by Gasteiger charge is -2.12. The summed E-state index contributed by atoms with van der Waals surface area (Å²) in [5.41, 5.74) is 0. The smallest absolute Gasteiger partial charge is 0.335 e. The molecule has 0 saturated carbocycles. The Bertz CT molecular complexity index is 177. The molecule has 0 fully saturated rings. The SMILES string of the molecule is CCOC(CC(=O)OC)C(=O)OC. The van der Waals surface area contributed by atoms with Gasteiger partial charge in [-0.05, 0) is 6.92 Å². The van der Waals surface area contributed by atoms with Gasteiger partial charge in [0.05, 0.1) is 20.6 Å². The highest BCUT2D eigenvalue weighted by molar-refractivity contribution is 5.81. The van der Waals surface area contributed by atoms with Gasteiger partial charge in [0.1, 0.15) is 0 Å². The Kier molecular flexibility index (Phi) is 5.88. The van der Waals surface area contributed by atoms with Gasteiger partial charge in [0.15, 0.2) is 6.10 Å². The van der Waals surface area contributed by atoms with Crippen molar-refractivity contribution in [2.75, 3.05) is 20.8 Å². The van der Waals surface area contributed by atoms with Crippen molar-refractivity contribution >= 4 is 11.9 Å². The molecule has 0 heterocycles. The molecular weight excluding hydrogens is 176 g/mol. The van der Waals surface area contributed by atoms with Crippen LogP contribution < -0.4 is 0 Å². The number of rotatable bonds is 5. The number of hydrogen-bond acceptors (Lipinski definition) is 5. The van der Waals surface area contributed by atoms with Crippen LogP contribution in [0.15, 0.2) is 0 Å². The predicted molar refractivity (Wildman–Crippen MR) is 44.1 cm³/mol. The van der Waals surface area contributed by atoms with Crippen LogP contribution in [0.2, 0.25) is 0 Å². The summed E-state index contributed by atoms with van der Waals surface area (Å²) in [5, 5.41) is 0. The molecule has 0 radical (unpaired) electrons. The third-order valence-corrected chi connectivity index (χ3v) is 1.41. The lowest BCUT2D eigenvalue weighted by Crippen LogP contribution is -2.28. The van der Waals surface area contributed by atoms with Gasteiger partial charge < -0.3 is 14.2 Å². The van der Waals surface area contributed by atoms with E-state index in [1.54, 1.807) is 6.92 Å². The molecule has 0 aromatic heterocycles. The molecule has 0 bridgehead atoms. The summed E-state index contributed by atoms with van der Waals surface area (Å²) < 4.78 is 13.8. The summed E-state index contributed by atoms with van der Waals surface area (Å²) in [5.74, 6) is -1.06. The minimum absolute atomic E-state index is 0.114. The Balaban J connectivity index is 4.08. The van der Waals surface area contributed by atoms with Crippen LogP contribution in [-0.2, 0) is 23.8 Å². The van der Waals surface area contributed by atoms with Gasteiger partial charge in [-0.3, -0.25) is 4.79 Å². The molecule has 0 saturated heterocycles. The summed E-state index contributed by atoms with van der Waals surface area (Å²) in [6.07, 6.45) is -0.973. The summed E-state index contributed by atoms with van der Waals surface area (Å²) in [4.78, 5) is 21.8.